The lowest BCUT2D eigenvalue weighted by molar-refractivity contribution is 0.0724. The molecule has 0 aliphatic carbocycles. The molecule has 0 aromatic heterocycles. The second kappa shape index (κ2) is 10.8. The van der Waals surface area contributed by atoms with Crippen molar-refractivity contribution >= 4 is 11.9 Å². The molecule has 0 radical (unpaired) electrons. The highest BCUT2D eigenvalue weighted by Crippen LogP contribution is 2.16. The Morgan fingerprint density at radius 2 is 1.80 bits per heavy atom. The summed E-state index contributed by atoms with van der Waals surface area (Å²) < 4.78 is 0. The van der Waals surface area contributed by atoms with Crippen LogP contribution in [0, 0.1) is 6.92 Å². The first-order valence-corrected chi connectivity index (χ1v) is 11.0. The van der Waals surface area contributed by atoms with Gasteiger partial charge in [0.05, 0.1) is 0 Å². The fraction of sp³-hybridized carbons (Fsp3) is 0.440. The van der Waals surface area contributed by atoms with E-state index in [9.17, 15) is 4.79 Å². The molecule has 3 rings (SSSR count). The first-order chi connectivity index (χ1) is 14.6. The average Bonchev–Trinajstić information content (AvgIpc) is 2.79. The van der Waals surface area contributed by atoms with E-state index in [4.69, 9.17) is 0 Å². The second-order valence-corrected chi connectivity index (χ2v) is 8.17. The Hall–Kier alpha value is -2.82. The third-order valence-corrected chi connectivity index (χ3v) is 5.71. The summed E-state index contributed by atoms with van der Waals surface area (Å²) in [6, 6.07) is 16.5. The van der Waals surface area contributed by atoms with Crippen LogP contribution in [0.3, 0.4) is 0 Å². The average molecular weight is 407 g/mol. The lowest BCUT2D eigenvalue weighted by Gasteiger charge is -2.26. The Morgan fingerprint density at radius 1 is 1.07 bits per heavy atom. The molecule has 1 aliphatic heterocycles. The van der Waals surface area contributed by atoms with E-state index in [-0.39, 0.29) is 5.91 Å². The molecule has 1 saturated heterocycles. The van der Waals surface area contributed by atoms with Crippen LogP contribution in [0.2, 0.25) is 0 Å². The molecule has 2 aromatic carbocycles. The molecule has 5 heteroatoms. The number of carbonyl (C=O) groups is 1. The molecule has 1 aliphatic rings. The minimum Gasteiger partial charge on any atom is -0.356 e. The topological polar surface area (TPSA) is 56.7 Å². The predicted octanol–water partition coefficient (Wildman–Crippen LogP) is 4.09. The monoisotopic (exact) mass is 406 g/mol. The minimum absolute atomic E-state index is 0.150. The molecule has 1 heterocycles. The van der Waals surface area contributed by atoms with Gasteiger partial charge in [-0.1, -0.05) is 48.9 Å². The highest BCUT2D eigenvalue weighted by atomic mass is 16.2. The smallest absolute Gasteiger partial charge is 0.253 e. The van der Waals surface area contributed by atoms with E-state index >= 15 is 0 Å². The molecule has 1 unspecified atom stereocenters. The van der Waals surface area contributed by atoms with Gasteiger partial charge in [0.2, 0.25) is 0 Å². The zero-order valence-corrected chi connectivity index (χ0v) is 18.4. The van der Waals surface area contributed by atoms with Crippen LogP contribution in [-0.2, 0) is 6.54 Å². The van der Waals surface area contributed by atoms with E-state index in [0.29, 0.717) is 12.5 Å². The number of hydrogen-bond donors (Lipinski definition) is 2. The van der Waals surface area contributed by atoms with Crippen LogP contribution in [-0.4, -0.2) is 43.4 Å². The van der Waals surface area contributed by atoms with E-state index in [1.54, 1.807) is 7.05 Å². The maximum atomic E-state index is 12.6. The number of nitrogens with one attached hydrogen (secondary N) is 2. The van der Waals surface area contributed by atoms with Crippen molar-refractivity contribution in [3.8, 4) is 0 Å². The normalized spacial score (nSPS) is 15.6. The number of piperidine rings is 1. The van der Waals surface area contributed by atoms with Gasteiger partial charge in [0.1, 0.15) is 0 Å². The molecule has 5 nitrogen and oxygen atoms in total. The van der Waals surface area contributed by atoms with Gasteiger partial charge in [0, 0.05) is 38.8 Å². The van der Waals surface area contributed by atoms with Crippen molar-refractivity contribution in [2.75, 3.05) is 26.7 Å². The van der Waals surface area contributed by atoms with Crippen molar-refractivity contribution in [1.29, 1.82) is 0 Å². The zero-order valence-electron chi connectivity index (χ0n) is 18.4. The van der Waals surface area contributed by atoms with Gasteiger partial charge >= 0.3 is 0 Å². The molecule has 1 atom stereocenters. The van der Waals surface area contributed by atoms with Crippen LogP contribution in [0.15, 0.2) is 53.5 Å². The number of hydrogen-bond acceptors (Lipinski definition) is 2. The van der Waals surface area contributed by atoms with Crippen molar-refractivity contribution < 1.29 is 4.79 Å². The van der Waals surface area contributed by atoms with Crippen molar-refractivity contribution in [3.05, 3.63) is 70.8 Å². The molecule has 30 heavy (non-hydrogen) atoms. The van der Waals surface area contributed by atoms with Crippen LogP contribution in [0.25, 0.3) is 0 Å². The summed E-state index contributed by atoms with van der Waals surface area (Å²) in [5.74, 6) is 1.32. The molecule has 160 valence electrons. The number of carbonyl (C=O) groups excluding carboxylic acids is 1. The number of aryl methyl sites for hydroxylation is 1. The fourth-order valence-corrected chi connectivity index (χ4v) is 3.80. The standard InChI is InChI=1S/C25H34N4O/c1-19-8-7-9-23(16-19)20(2)17-27-25(26-3)28-18-21-10-12-22(13-11-21)24(30)29-14-5-4-6-15-29/h7-13,16,20H,4-6,14-15,17-18H2,1-3H3,(H2,26,27,28). The first kappa shape index (κ1) is 21.9. The second-order valence-electron chi connectivity index (χ2n) is 8.17. The number of nitrogens with zero attached hydrogens (tertiary/aromatic N) is 2. The van der Waals surface area contributed by atoms with Crippen molar-refractivity contribution in [1.82, 2.24) is 15.5 Å². The third kappa shape index (κ3) is 6.09. The predicted molar refractivity (Wildman–Crippen MR) is 124 cm³/mol. The molecular weight excluding hydrogens is 372 g/mol. The highest BCUT2D eigenvalue weighted by Gasteiger charge is 2.17. The summed E-state index contributed by atoms with van der Waals surface area (Å²) >= 11 is 0. The van der Waals surface area contributed by atoms with Gasteiger partial charge in [-0.3, -0.25) is 9.79 Å². The van der Waals surface area contributed by atoms with Crippen LogP contribution in [0.5, 0.6) is 0 Å². The van der Waals surface area contributed by atoms with Gasteiger partial charge in [0.15, 0.2) is 5.96 Å². The molecule has 0 saturated carbocycles. The van der Waals surface area contributed by atoms with Gasteiger partial charge in [-0.25, -0.2) is 0 Å². The van der Waals surface area contributed by atoms with Crippen molar-refractivity contribution in [3.63, 3.8) is 0 Å². The van der Waals surface area contributed by atoms with E-state index in [1.807, 2.05) is 29.2 Å². The number of amides is 1. The minimum atomic E-state index is 0.150. The van der Waals surface area contributed by atoms with E-state index in [2.05, 4.69) is 53.7 Å². The molecular formula is C25H34N4O. The molecule has 2 aromatic rings. The number of rotatable bonds is 6. The number of likely N-dealkylation sites (tertiary alicyclic amines) is 1. The van der Waals surface area contributed by atoms with Gasteiger partial charge in [0.25, 0.3) is 5.91 Å². The Morgan fingerprint density at radius 3 is 2.47 bits per heavy atom. The molecule has 0 spiro atoms. The van der Waals surface area contributed by atoms with Crippen molar-refractivity contribution in [2.45, 2.75) is 45.6 Å². The van der Waals surface area contributed by atoms with Gasteiger partial charge in [-0.05, 0) is 55.4 Å². The Bertz CT molecular complexity index is 854. The summed E-state index contributed by atoms with van der Waals surface area (Å²) in [5, 5.41) is 6.77. The summed E-state index contributed by atoms with van der Waals surface area (Å²) in [6.07, 6.45) is 3.46. The van der Waals surface area contributed by atoms with Gasteiger partial charge in [-0.15, -0.1) is 0 Å². The quantitative estimate of drug-likeness (QED) is 0.561. The Kier molecular flexibility index (Phi) is 7.89. The van der Waals surface area contributed by atoms with Crippen LogP contribution < -0.4 is 10.6 Å². The fourth-order valence-electron chi connectivity index (χ4n) is 3.80. The largest absolute Gasteiger partial charge is 0.356 e. The zero-order chi connectivity index (χ0) is 21.3. The first-order valence-electron chi connectivity index (χ1n) is 11.0. The van der Waals surface area contributed by atoms with Crippen LogP contribution in [0.4, 0.5) is 0 Å². The lowest BCUT2D eigenvalue weighted by atomic mass is 9.99. The molecule has 0 bridgehead atoms. The summed E-state index contributed by atoms with van der Waals surface area (Å²) in [7, 11) is 1.78. The molecule has 2 N–H and O–H groups in total. The van der Waals surface area contributed by atoms with Crippen molar-refractivity contribution in [2.24, 2.45) is 4.99 Å². The maximum absolute atomic E-state index is 12.6. The van der Waals surface area contributed by atoms with Gasteiger partial charge in [-0.2, -0.15) is 0 Å². The van der Waals surface area contributed by atoms with Gasteiger partial charge < -0.3 is 15.5 Å². The summed E-state index contributed by atoms with van der Waals surface area (Å²) in [6.45, 7) is 7.57. The maximum Gasteiger partial charge on any atom is 0.253 e. The lowest BCUT2D eigenvalue weighted by Crippen LogP contribution is -2.38. The SMILES string of the molecule is CN=C(NCc1ccc(C(=O)N2CCCCC2)cc1)NCC(C)c1cccc(C)c1. The highest BCUT2D eigenvalue weighted by molar-refractivity contribution is 5.94. The van der Waals surface area contributed by atoms with E-state index in [1.165, 1.54) is 17.5 Å². The summed E-state index contributed by atoms with van der Waals surface area (Å²) in [5.41, 5.74) is 4.51. The van der Waals surface area contributed by atoms with E-state index < -0.39 is 0 Å². The van der Waals surface area contributed by atoms with Crippen LogP contribution in [0.1, 0.15) is 59.2 Å². The number of guanidine groups is 1. The molecule has 1 amide bonds. The van der Waals surface area contributed by atoms with E-state index in [0.717, 1.165) is 49.6 Å². The number of benzene rings is 2. The molecule has 1 fully saturated rings. The summed E-state index contributed by atoms with van der Waals surface area (Å²) in [4.78, 5) is 18.9. The number of aliphatic imine (C=N–C) groups is 1. The van der Waals surface area contributed by atoms with Crippen LogP contribution >= 0.6 is 0 Å². The Balaban J connectivity index is 1.48. The third-order valence-electron chi connectivity index (χ3n) is 5.71. The Labute approximate surface area is 180 Å².